The molecule has 102 valence electrons. The molecule has 0 radical (unpaired) electrons. The van der Waals surface area contributed by atoms with Gasteiger partial charge in [0.2, 0.25) is 0 Å². The van der Waals surface area contributed by atoms with Crippen LogP contribution in [0, 0.1) is 0 Å². The van der Waals surface area contributed by atoms with Crippen molar-refractivity contribution in [3.8, 4) is 0 Å². The van der Waals surface area contributed by atoms with E-state index in [1.165, 1.54) is 6.20 Å². The van der Waals surface area contributed by atoms with E-state index in [9.17, 15) is 4.79 Å². The van der Waals surface area contributed by atoms with E-state index in [-0.39, 0.29) is 6.10 Å². The lowest BCUT2D eigenvalue weighted by Gasteiger charge is -2.33. The molecule has 6 nitrogen and oxygen atoms in total. The zero-order valence-corrected chi connectivity index (χ0v) is 11.0. The van der Waals surface area contributed by atoms with Crippen LogP contribution in [0.2, 0.25) is 0 Å². The molecule has 1 amide bonds. The first-order chi connectivity index (χ1) is 9.16. The number of rotatable bonds is 2. The molecule has 0 bridgehead atoms. The third-order valence-electron chi connectivity index (χ3n) is 3.98. The summed E-state index contributed by atoms with van der Waals surface area (Å²) in [5.41, 5.74) is 6.74. The van der Waals surface area contributed by atoms with E-state index >= 15 is 0 Å². The van der Waals surface area contributed by atoms with Crippen LogP contribution in [-0.2, 0) is 4.74 Å². The molecule has 3 heterocycles. The van der Waals surface area contributed by atoms with Crippen LogP contribution in [0.1, 0.15) is 10.4 Å². The summed E-state index contributed by atoms with van der Waals surface area (Å²) in [4.78, 5) is 19.9. The van der Waals surface area contributed by atoms with Crippen molar-refractivity contribution in [2.75, 3.05) is 38.2 Å². The van der Waals surface area contributed by atoms with Crippen molar-refractivity contribution in [1.82, 2.24) is 9.88 Å². The van der Waals surface area contributed by atoms with E-state index in [2.05, 4.69) is 21.8 Å². The SMILES string of the molecule is CN1CCO[C@@H]2CN(c3ccncc3C(N)=O)C[C@@H]21. The Hall–Kier alpha value is -1.66. The zero-order chi connectivity index (χ0) is 13.4. The highest BCUT2D eigenvalue weighted by Crippen LogP contribution is 2.28. The molecule has 0 saturated carbocycles. The Labute approximate surface area is 112 Å². The number of anilines is 1. The quantitative estimate of drug-likeness (QED) is 0.792. The lowest BCUT2D eigenvalue weighted by molar-refractivity contribution is -0.0362. The molecule has 19 heavy (non-hydrogen) atoms. The van der Waals surface area contributed by atoms with Crippen LogP contribution < -0.4 is 10.6 Å². The highest BCUT2D eigenvalue weighted by Gasteiger charge is 2.39. The van der Waals surface area contributed by atoms with E-state index in [4.69, 9.17) is 10.5 Å². The number of carbonyl (C=O) groups excluding carboxylic acids is 1. The highest BCUT2D eigenvalue weighted by molar-refractivity contribution is 5.98. The van der Waals surface area contributed by atoms with Crippen molar-refractivity contribution < 1.29 is 9.53 Å². The molecule has 6 heteroatoms. The van der Waals surface area contributed by atoms with Gasteiger partial charge in [-0.05, 0) is 13.1 Å². The van der Waals surface area contributed by atoms with Crippen LogP contribution in [0.25, 0.3) is 0 Å². The number of nitrogens with zero attached hydrogens (tertiary/aromatic N) is 3. The Balaban J connectivity index is 1.86. The number of amides is 1. The highest BCUT2D eigenvalue weighted by atomic mass is 16.5. The first-order valence-corrected chi connectivity index (χ1v) is 6.47. The van der Waals surface area contributed by atoms with E-state index in [1.54, 1.807) is 6.20 Å². The van der Waals surface area contributed by atoms with Gasteiger partial charge in [0.1, 0.15) is 0 Å². The topological polar surface area (TPSA) is 71.7 Å². The van der Waals surface area contributed by atoms with Crippen molar-refractivity contribution in [3.63, 3.8) is 0 Å². The second-order valence-electron chi connectivity index (χ2n) is 5.12. The van der Waals surface area contributed by atoms with Crippen molar-refractivity contribution >= 4 is 11.6 Å². The van der Waals surface area contributed by atoms with Gasteiger partial charge in [-0.25, -0.2) is 0 Å². The molecule has 2 N–H and O–H groups in total. The van der Waals surface area contributed by atoms with E-state index in [0.29, 0.717) is 11.6 Å². The molecular weight excluding hydrogens is 244 g/mol. The van der Waals surface area contributed by atoms with Crippen molar-refractivity contribution in [3.05, 3.63) is 24.0 Å². The minimum Gasteiger partial charge on any atom is -0.373 e. The molecule has 0 aliphatic carbocycles. The van der Waals surface area contributed by atoms with Gasteiger partial charge in [-0.1, -0.05) is 0 Å². The summed E-state index contributed by atoms with van der Waals surface area (Å²) in [6, 6.07) is 2.22. The normalized spacial score (nSPS) is 27.3. The second kappa shape index (κ2) is 4.79. The molecule has 1 aromatic rings. The number of morpholine rings is 1. The summed E-state index contributed by atoms with van der Waals surface area (Å²) in [6.07, 6.45) is 3.42. The predicted molar refractivity (Wildman–Crippen MR) is 71.1 cm³/mol. The third-order valence-corrected chi connectivity index (χ3v) is 3.98. The van der Waals surface area contributed by atoms with E-state index in [0.717, 1.165) is 31.9 Å². The Bertz CT molecular complexity index is 493. The number of likely N-dealkylation sites (N-methyl/N-ethyl adjacent to an activating group) is 1. The number of hydrogen-bond acceptors (Lipinski definition) is 5. The number of ether oxygens (including phenoxy) is 1. The molecule has 0 unspecified atom stereocenters. The largest absolute Gasteiger partial charge is 0.373 e. The number of aromatic nitrogens is 1. The van der Waals surface area contributed by atoms with Gasteiger partial charge >= 0.3 is 0 Å². The van der Waals surface area contributed by atoms with Gasteiger partial charge in [-0.3, -0.25) is 14.7 Å². The molecule has 2 aliphatic rings. The molecule has 1 aromatic heterocycles. The second-order valence-corrected chi connectivity index (χ2v) is 5.12. The molecule has 2 saturated heterocycles. The molecule has 2 aliphatic heterocycles. The first-order valence-electron chi connectivity index (χ1n) is 6.47. The minimum atomic E-state index is -0.438. The molecule has 0 spiro atoms. The van der Waals surface area contributed by atoms with Gasteiger partial charge in [-0.15, -0.1) is 0 Å². The number of pyridine rings is 1. The van der Waals surface area contributed by atoms with Crippen LogP contribution >= 0.6 is 0 Å². The summed E-state index contributed by atoms with van der Waals surface area (Å²) in [5.74, 6) is -0.438. The molecular formula is C13H18N4O2. The Morgan fingerprint density at radius 3 is 3.11 bits per heavy atom. The maximum Gasteiger partial charge on any atom is 0.252 e. The van der Waals surface area contributed by atoms with Gasteiger partial charge in [0.15, 0.2) is 0 Å². The number of hydrogen-bond donors (Lipinski definition) is 1. The lowest BCUT2D eigenvalue weighted by atomic mass is 10.1. The van der Waals surface area contributed by atoms with Crippen LogP contribution in [0.4, 0.5) is 5.69 Å². The van der Waals surface area contributed by atoms with Crippen LogP contribution in [0.5, 0.6) is 0 Å². The van der Waals surface area contributed by atoms with Gasteiger partial charge in [-0.2, -0.15) is 0 Å². The number of primary amides is 1. The molecule has 2 fully saturated rings. The molecule has 0 aromatic carbocycles. The van der Waals surface area contributed by atoms with Crippen molar-refractivity contribution in [2.24, 2.45) is 5.73 Å². The summed E-state index contributed by atoms with van der Waals surface area (Å²) >= 11 is 0. The number of nitrogens with two attached hydrogens (primary N) is 1. The summed E-state index contributed by atoms with van der Waals surface area (Å²) < 4.78 is 5.81. The summed E-state index contributed by atoms with van der Waals surface area (Å²) in [5, 5.41) is 0. The van der Waals surface area contributed by atoms with Gasteiger partial charge in [0.05, 0.1) is 30.0 Å². The van der Waals surface area contributed by atoms with Crippen LogP contribution in [0.3, 0.4) is 0 Å². The number of carbonyl (C=O) groups is 1. The summed E-state index contributed by atoms with van der Waals surface area (Å²) in [6.45, 7) is 3.36. The number of fused-ring (bicyclic) bond motifs is 1. The molecule has 2 atom stereocenters. The van der Waals surface area contributed by atoms with Gasteiger partial charge < -0.3 is 15.4 Å². The Morgan fingerprint density at radius 2 is 2.37 bits per heavy atom. The average molecular weight is 262 g/mol. The third kappa shape index (κ3) is 2.17. The van der Waals surface area contributed by atoms with Crippen molar-refractivity contribution in [1.29, 1.82) is 0 Å². The van der Waals surface area contributed by atoms with Crippen LogP contribution in [0.15, 0.2) is 18.5 Å². The zero-order valence-electron chi connectivity index (χ0n) is 11.0. The van der Waals surface area contributed by atoms with E-state index < -0.39 is 5.91 Å². The Kier molecular flexibility index (Phi) is 3.12. The fourth-order valence-electron chi connectivity index (χ4n) is 2.91. The molecule has 3 rings (SSSR count). The standard InChI is InChI=1S/C13H18N4O2/c1-16-4-5-19-12-8-17(7-11(12)16)10-2-3-15-6-9(10)13(14)18/h2-3,6,11-12H,4-5,7-8H2,1H3,(H2,14,18)/t11-,12+/m0/s1. The monoisotopic (exact) mass is 262 g/mol. The van der Waals surface area contributed by atoms with Gasteiger partial charge in [0.25, 0.3) is 5.91 Å². The minimum absolute atomic E-state index is 0.202. The average Bonchev–Trinajstić information content (AvgIpc) is 2.84. The maximum atomic E-state index is 11.5. The first kappa shape index (κ1) is 12.4. The summed E-state index contributed by atoms with van der Waals surface area (Å²) in [7, 11) is 2.12. The fraction of sp³-hybridized carbons (Fsp3) is 0.538. The van der Waals surface area contributed by atoms with E-state index in [1.807, 2.05) is 6.07 Å². The van der Waals surface area contributed by atoms with Crippen LogP contribution in [-0.4, -0.2) is 61.2 Å². The Morgan fingerprint density at radius 1 is 1.53 bits per heavy atom. The lowest BCUT2D eigenvalue weighted by Crippen LogP contribution is -2.48. The van der Waals surface area contributed by atoms with Gasteiger partial charge in [0, 0.05) is 32.0 Å². The maximum absolute atomic E-state index is 11.5. The predicted octanol–water partition coefficient (Wildman–Crippen LogP) is -0.300. The fourth-order valence-corrected chi connectivity index (χ4v) is 2.91. The van der Waals surface area contributed by atoms with Crippen molar-refractivity contribution in [2.45, 2.75) is 12.1 Å². The smallest absolute Gasteiger partial charge is 0.252 e.